The number of pyridine rings is 1. The van der Waals surface area contributed by atoms with E-state index in [4.69, 9.17) is 5.21 Å². The summed E-state index contributed by atoms with van der Waals surface area (Å²) in [4.78, 5) is 32.8. The number of sulfonamides is 1. The van der Waals surface area contributed by atoms with Gasteiger partial charge in [0.1, 0.15) is 6.04 Å². The molecule has 13 heteroatoms. The summed E-state index contributed by atoms with van der Waals surface area (Å²) in [6.45, 7) is 7.62. The number of urea groups is 1. The summed E-state index contributed by atoms with van der Waals surface area (Å²) < 4.78 is 28.9. The van der Waals surface area contributed by atoms with Crippen LogP contribution in [0.2, 0.25) is 0 Å². The normalized spacial score (nSPS) is 14.4. The Kier molecular flexibility index (Phi) is 14.5. The fourth-order valence-corrected chi connectivity index (χ4v) is 6.75. The average Bonchev–Trinajstić information content (AvgIpc) is 3.07. The first-order chi connectivity index (χ1) is 22.8. The first-order valence-corrected chi connectivity index (χ1v) is 17.5. The number of carbonyl (C=O) groups excluding carboxylic acids is 2. The van der Waals surface area contributed by atoms with Crippen molar-refractivity contribution in [3.05, 3.63) is 95.8 Å². The predicted molar refractivity (Wildman–Crippen MR) is 185 cm³/mol. The van der Waals surface area contributed by atoms with Crippen LogP contribution in [0.25, 0.3) is 0 Å². The molecule has 3 aromatic rings. The lowest BCUT2D eigenvalue weighted by molar-refractivity contribution is -0.125. The average molecular weight is 681 g/mol. The van der Waals surface area contributed by atoms with E-state index in [1.54, 1.807) is 19.3 Å². The van der Waals surface area contributed by atoms with E-state index >= 15 is 0 Å². The molecule has 0 unspecified atom stereocenters. The molecule has 1 aromatic heterocycles. The van der Waals surface area contributed by atoms with Crippen LogP contribution in [-0.2, 0) is 27.8 Å². The van der Waals surface area contributed by atoms with Gasteiger partial charge in [0.15, 0.2) is 0 Å². The Hall–Kier alpha value is -4.33. The lowest BCUT2D eigenvalue weighted by Gasteiger charge is -2.33. The van der Waals surface area contributed by atoms with Gasteiger partial charge in [-0.25, -0.2) is 13.2 Å². The first-order valence-electron chi connectivity index (χ1n) is 16.1. The second-order valence-corrected chi connectivity index (χ2v) is 14.3. The maximum absolute atomic E-state index is 13.9. The van der Waals surface area contributed by atoms with Crippen LogP contribution >= 0.6 is 0 Å². The van der Waals surface area contributed by atoms with Crippen LogP contribution in [0.4, 0.5) is 4.79 Å². The number of rotatable bonds is 17. The van der Waals surface area contributed by atoms with E-state index in [1.165, 1.54) is 39.7 Å². The maximum atomic E-state index is 13.9. The van der Waals surface area contributed by atoms with Crippen molar-refractivity contribution in [2.24, 2.45) is 17.0 Å². The zero-order chi connectivity index (χ0) is 35.3. The number of nitrogens with zero attached hydrogens (tertiary/aromatic N) is 4. The molecule has 12 nitrogen and oxygen atoms in total. The van der Waals surface area contributed by atoms with Crippen molar-refractivity contribution < 1.29 is 28.3 Å². The smallest absolute Gasteiger partial charge is 0.318 e. The molecule has 0 saturated heterocycles. The van der Waals surface area contributed by atoms with Crippen LogP contribution < -0.4 is 10.6 Å². The molecule has 0 fully saturated rings. The standard InChI is InChI=1S/C35H48N6O6S/c1-6-26(4)33(39-35(44)40(5)23-29-14-10-11-19-36-29)34(43)38-31(20-27-12-8-7-9-13-27)32(42)24-41(22-25(2)3)48(46,47)30-17-15-28(16-18-30)21-37-45/h7-19,21,25-26,31-33,42,45H,6,20,22-24H2,1-5H3,(H,38,43)(H,39,44)/b37-21+/t26-,31-,32+,33-/m0/s1. The lowest BCUT2D eigenvalue weighted by atomic mass is 9.96. The first kappa shape index (κ1) is 38.1. The third kappa shape index (κ3) is 11.1. The van der Waals surface area contributed by atoms with Gasteiger partial charge in [-0.2, -0.15) is 4.31 Å². The third-order valence-electron chi connectivity index (χ3n) is 8.02. The molecule has 0 bridgehead atoms. The molecule has 0 radical (unpaired) electrons. The SMILES string of the molecule is CC[C@H](C)[C@H](NC(=O)N(C)Cc1ccccn1)C(=O)N[C@@H](Cc1ccccc1)[C@H](O)CN(CC(C)C)S(=O)(=O)c1ccc(/C=N/O)cc1. The summed E-state index contributed by atoms with van der Waals surface area (Å²) in [5, 5.41) is 29.3. The molecular formula is C35H48N6O6S. The highest BCUT2D eigenvalue weighted by atomic mass is 32.2. The molecule has 0 aliphatic heterocycles. The van der Waals surface area contributed by atoms with Gasteiger partial charge in [-0.15, -0.1) is 0 Å². The van der Waals surface area contributed by atoms with Crippen LogP contribution in [0.1, 0.15) is 50.9 Å². The van der Waals surface area contributed by atoms with Gasteiger partial charge in [0, 0.05) is 26.3 Å². The Bertz CT molecular complexity index is 1570. The molecule has 3 amide bonds. The van der Waals surface area contributed by atoms with Crippen LogP contribution in [0, 0.1) is 11.8 Å². The molecular weight excluding hydrogens is 632 g/mol. The summed E-state index contributed by atoms with van der Waals surface area (Å²) in [5.74, 6) is -0.797. The van der Waals surface area contributed by atoms with Gasteiger partial charge in [-0.1, -0.05) is 87.8 Å². The molecule has 0 saturated carbocycles. The molecule has 0 aliphatic carbocycles. The quantitative estimate of drug-likeness (QED) is 0.0955. The van der Waals surface area contributed by atoms with Crippen LogP contribution in [0.15, 0.2) is 89.0 Å². The minimum Gasteiger partial charge on any atom is -0.411 e. The van der Waals surface area contributed by atoms with E-state index in [0.717, 1.165) is 5.56 Å². The Morgan fingerprint density at radius 3 is 2.21 bits per heavy atom. The highest BCUT2D eigenvalue weighted by Crippen LogP contribution is 2.20. The number of hydrogen-bond acceptors (Lipinski definition) is 8. The van der Waals surface area contributed by atoms with Crippen molar-refractivity contribution in [3.8, 4) is 0 Å². The van der Waals surface area contributed by atoms with Gasteiger partial charge < -0.3 is 25.8 Å². The number of nitrogens with one attached hydrogen (secondary N) is 2. The lowest BCUT2D eigenvalue weighted by Crippen LogP contribution is -2.58. The number of aromatic nitrogens is 1. The fraction of sp³-hybridized carbons (Fsp3) is 0.429. The van der Waals surface area contributed by atoms with Gasteiger partial charge in [0.05, 0.1) is 35.5 Å². The largest absolute Gasteiger partial charge is 0.411 e. The number of hydrogen-bond donors (Lipinski definition) is 4. The van der Waals surface area contributed by atoms with Crippen molar-refractivity contribution >= 4 is 28.2 Å². The molecule has 4 atom stereocenters. The van der Waals surface area contributed by atoms with Gasteiger partial charge in [0.2, 0.25) is 15.9 Å². The summed E-state index contributed by atoms with van der Waals surface area (Å²) >= 11 is 0. The Morgan fingerprint density at radius 1 is 0.958 bits per heavy atom. The molecule has 3 rings (SSSR count). The van der Waals surface area contributed by atoms with Crippen LogP contribution in [0.3, 0.4) is 0 Å². The summed E-state index contributed by atoms with van der Waals surface area (Å²) in [6, 6.07) is 18.3. The Balaban J connectivity index is 1.86. The number of oxime groups is 1. The number of amides is 3. The summed E-state index contributed by atoms with van der Waals surface area (Å²) in [6.07, 6.45) is 2.35. The topological polar surface area (TPSA) is 165 Å². The minimum atomic E-state index is -4.06. The summed E-state index contributed by atoms with van der Waals surface area (Å²) in [5.41, 5.74) is 2.05. The molecule has 4 N–H and O–H groups in total. The van der Waals surface area contributed by atoms with E-state index < -0.39 is 40.1 Å². The van der Waals surface area contributed by atoms with Crippen LogP contribution in [-0.4, -0.2) is 89.4 Å². The molecule has 0 aliphatic rings. The molecule has 1 heterocycles. The Labute approximate surface area is 283 Å². The zero-order valence-corrected chi connectivity index (χ0v) is 29.0. The monoisotopic (exact) mass is 680 g/mol. The fourth-order valence-electron chi connectivity index (χ4n) is 5.13. The van der Waals surface area contributed by atoms with E-state index in [1.807, 2.05) is 70.2 Å². The van der Waals surface area contributed by atoms with Crippen LogP contribution in [0.5, 0.6) is 0 Å². The minimum absolute atomic E-state index is 0.0171. The van der Waals surface area contributed by atoms with Crippen molar-refractivity contribution in [3.63, 3.8) is 0 Å². The number of aliphatic hydroxyl groups is 1. The van der Waals surface area contributed by atoms with Gasteiger partial charge in [-0.05, 0) is 53.6 Å². The van der Waals surface area contributed by atoms with Crippen molar-refractivity contribution in [1.82, 2.24) is 24.8 Å². The molecule has 2 aromatic carbocycles. The van der Waals surface area contributed by atoms with Crippen molar-refractivity contribution in [2.45, 2.75) is 70.2 Å². The number of aliphatic hydroxyl groups excluding tert-OH is 1. The number of carbonyl (C=O) groups is 2. The summed E-state index contributed by atoms with van der Waals surface area (Å²) in [7, 11) is -2.44. The predicted octanol–water partition coefficient (Wildman–Crippen LogP) is 3.88. The van der Waals surface area contributed by atoms with E-state index in [0.29, 0.717) is 17.7 Å². The Morgan fingerprint density at radius 2 is 1.62 bits per heavy atom. The van der Waals surface area contributed by atoms with Gasteiger partial charge in [-0.3, -0.25) is 9.78 Å². The van der Waals surface area contributed by atoms with E-state index in [-0.39, 0.29) is 42.8 Å². The maximum Gasteiger partial charge on any atom is 0.318 e. The van der Waals surface area contributed by atoms with Crippen molar-refractivity contribution in [1.29, 1.82) is 0 Å². The van der Waals surface area contributed by atoms with E-state index in [9.17, 15) is 23.1 Å². The van der Waals surface area contributed by atoms with Gasteiger partial charge in [0.25, 0.3) is 0 Å². The molecule has 48 heavy (non-hydrogen) atoms. The molecule has 260 valence electrons. The number of benzene rings is 2. The van der Waals surface area contributed by atoms with E-state index in [2.05, 4.69) is 20.8 Å². The molecule has 0 spiro atoms. The highest BCUT2D eigenvalue weighted by Gasteiger charge is 2.34. The highest BCUT2D eigenvalue weighted by molar-refractivity contribution is 7.89. The zero-order valence-electron chi connectivity index (χ0n) is 28.2. The van der Waals surface area contributed by atoms with Gasteiger partial charge >= 0.3 is 6.03 Å². The third-order valence-corrected chi connectivity index (χ3v) is 9.87. The second-order valence-electron chi connectivity index (χ2n) is 12.4. The second kappa shape index (κ2) is 18.3. The van der Waals surface area contributed by atoms with Crippen molar-refractivity contribution in [2.75, 3.05) is 20.1 Å².